The number of methoxy groups -OCH3 is 1. The van der Waals surface area contributed by atoms with Crippen LogP contribution in [-0.2, 0) is 9.53 Å². The van der Waals surface area contributed by atoms with E-state index in [9.17, 15) is 13.6 Å². The highest BCUT2D eigenvalue weighted by Crippen LogP contribution is 2.17. The van der Waals surface area contributed by atoms with E-state index in [1.807, 2.05) is 0 Å². The molecule has 0 aromatic heterocycles. The first kappa shape index (κ1) is 11.4. The fourth-order valence-electron chi connectivity index (χ4n) is 0.934. The van der Waals surface area contributed by atoms with Gasteiger partial charge in [-0.25, -0.2) is 8.78 Å². The number of rotatable bonds is 4. The monoisotopic (exact) mass is 216 g/mol. The SMILES string of the molecule is COC(=O)CCOc1cc(F)ccc1F. The molecule has 82 valence electrons. The lowest BCUT2D eigenvalue weighted by atomic mass is 10.3. The van der Waals surface area contributed by atoms with E-state index in [2.05, 4.69) is 4.74 Å². The van der Waals surface area contributed by atoms with Gasteiger partial charge in [-0.05, 0) is 12.1 Å². The Morgan fingerprint density at radius 2 is 2.13 bits per heavy atom. The Bertz CT molecular complexity index is 353. The van der Waals surface area contributed by atoms with Crippen LogP contribution in [0.1, 0.15) is 6.42 Å². The van der Waals surface area contributed by atoms with E-state index in [0.29, 0.717) is 0 Å². The maximum absolute atomic E-state index is 13.0. The van der Waals surface area contributed by atoms with Gasteiger partial charge in [-0.15, -0.1) is 0 Å². The van der Waals surface area contributed by atoms with E-state index in [0.717, 1.165) is 18.2 Å². The fourth-order valence-corrected chi connectivity index (χ4v) is 0.934. The summed E-state index contributed by atoms with van der Waals surface area (Å²) in [5.41, 5.74) is 0. The number of hydrogen-bond donors (Lipinski definition) is 0. The van der Waals surface area contributed by atoms with Gasteiger partial charge in [-0.3, -0.25) is 4.79 Å². The van der Waals surface area contributed by atoms with E-state index in [1.54, 1.807) is 0 Å². The number of halogens is 2. The van der Waals surface area contributed by atoms with Gasteiger partial charge in [0.05, 0.1) is 20.1 Å². The summed E-state index contributed by atoms with van der Waals surface area (Å²) in [6, 6.07) is 2.87. The molecule has 3 nitrogen and oxygen atoms in total. The maximum Gasteiger partial charge on any atom is 0.308 e. The Morgan fingerprint density at radius 1 is 1.40 bits per heavy atom. The summed E-state index contributed by atoms with van der Waals surface area (Å²) in [5, 5.41) is 0. The summed E-state index contributed by atoms with van der Waals surface area (Å²) in [4.78, 5) is 10.7. The van der Waals surface area contributed by atoms with Gasteiger partial charge in [-0.1, -0.05) is 0 Å². The topological polar surface area (TPSA) is 35.5 Å². The lowest BCUT2D eigenvalue weighted by molar-refractivity contribution is -0.141. The molecule has 0 amide bonds. The third-order valence-electron chi connectivity index (χ3n) is 1.68. The molecule has 0 atom stereocenters. The van der Waals surface area contributed by atoms with E-state index >= 15 is 0 Å². The molecule has 1 rings (SSSR count). The molecular formula is C10H10F2O3. The van der Waals surface area contributed by atoms with Gasteiger partial charge in [-0.2, -0.15) is 0 Å². The molecule has 0 bridgehead atoms. The number of hydrogen-bond acceptors (Lipinski definition) is 3. The van der Waals surface area contributed by atoms with E-state index in [-0.39, 0.29) is 18.8 Å². The zero-order valence-corrected chi connectivity index (χ0v) is 8.13. The molecule has 5 heteroatoms. The van der Waals surface area contributed by atoms with Gasteiger partial charge < -0.3 is 9.47 Å². The first-order valence-electron chi connectivity index (χ1n) is 4.28. The Kier molecular flexibility index (Phi) is 4.03. The number of ether oxygens (including phenoxy) is 2. The molecule has 15 heavy (non-hydrogen) atoms. The Hall–Kier alpha value is -1.65. The van der Waals surface area contributed by atoms with Gasteiger partial charge in [0.25, 0.3) is 0 Å². The van der Waals surface area contributed by atoms with Crippen LogP contribution in [0, 0.1) is 11.6 Å². The number of esters is 1. The molecule has 0 aliphatic heterocycles. The number of carbonyl (C=O) groups is 1. The van der Waals surface area contributed by atoms with Gasteiger partial charge >= 0.3 is 5.97 Å². The van der Waals surface area contributed by atoms with Crippen molar-refractivity contribution in [1.82, 2.24) is 0 Å². The summed E-state index contributed by atoms with van der Waals surface area (Å²) >= 11 is 0. The van der Waals surface area contributed by atoms with Crippen LogP contribution in [0.15, 0.2) is 18.2 Å². The standard InChI is InChI=1S/C10H10F2O3/c1-14-10(13)4-5-15-9-6-7(11)2-3-8(9)12/h2-3,6H,4-5H2,1H3. The van der Waals surface area contributed by atoms with Crippen LogP contribution in [0.5, 0.6) is 5.75 Å². The molecule has 1 aromatic carbocycles. The maximum atomic E-state index is 13.0. The second kappa shape index (κ2) is 5.29. The average Bonchev–Trinajstić information content (AvgIpc) is 2.23. The average molecular weight is 216 g/mol. The predicted octanol–water partition coefficient (Wildman–Crippen LogP) is 1.91. The second-order valence-electron chi connectivity index (χ2n) is 2.75. The van der Waals surface area contributed by atoms with Crippen LogP contribution in [-0.4, -0.2) is 19.7 Å². The van der Waals surface area contributed by atoms with E-state index in [4.69, 9.17) is 4.74 Å². The van der Waals surface area contributed by atoms with Crippen molar-refractivity contribution in [3.05, 3.63) is 29.8 Å². The molecule has 0 aliphatic rings. The molecule has 0 N–H and O–H groups in total. The molecule has 1 aromatic rings. The Morgan fingerprint density at radius 3 is 2.80 bits per heavy atom. The van der Waals surface area contributed by atoms with Crippen LogP contribution in [0.25, 0.3) is 0 Å². The first-order chi connectivity index (χ1) is 7.13. The Labute approximate surface area is 85.6 Å². The molecular weight excluding hydrogens is 206 g/mol. The fraction of sp³-hybridized carbons (Fsp3) is 0.300. The van der Waals surface area contributed by atoms with Crippen LogP contribution >= 0.6 is 0 Å². The minimum atomic E-state index is -0.665. The van der Waals surface area contributed by atoms with Gasteiger partial charge in [0.15, 0.2) is 11.6 Å². The van der Waals surface area contributed by atoms with Crippen molar-refractivity contribution in [2.45, 2.75) is 6.42 Å². The molecule has 0 spiro atoms. The van der Waals surface area contributed by atoms with Gasteiger partial charge in [0, 0.05) is 6.07 Å². The first-order valence-corrected chi connectivity index (χ1v) is 4.28. The molecule has 0 fully saturated rings. The highest BCUT2D eigenvalue weighted by atomic mass is 19.1. The molecule has 0 unspecified atom stereocenters. The van der Waals surface area contributed by atoms with Crippen molar-refractivity contribution in [1.29, 1.82) is 0 Å². The Balaban J connectivity index is 2.50. The third kappa shape index (κ3) is 3.53. The van der Waals surface area contributed by atoms with Crippen molar-refractivity contribution < 1.29 is 23.0 Å². The van der Waals surface area contributed by atoms with Crippen LogP contribution in [0.3, 0.4) is 0 Å². The van der Waals surface area contributed by atoms with Gasteiger partial charge in [0.2, 0.25) is 0 Å². The van der Waals surface area contributed by atoms with Crippen LogP contribution in [0.4, 0.5) is 8.78 Å². The van der Waals surface area contributed by atoms with Crippen molar-refractivity contribution in [2.75, 3.05) is 13.7 Å². The summed E-state index contributed by atoms with van der Waals surface area (Å²) in [6.45, 7) is -0.0486. The molecule has 0 heterocycles. The zero-order chi connectivity index (χ0) is 11.3. The molecule has 0 radical (unpaired) electrons. The number of carbonyl (C=O) groups excluding carboxylic acids is 1. The normalized spacial score (nSPS) is 9.80. The minimum Gasteiger partial charge on any atom is -0.490 e. The second-order valence-corrected chi connectivity index (χ2v) is 2.75. The smallest absolute Gasteiger partial charge is 0.308 e. The zero-order valence-electron chi connectivity index (χ0n) is 8.13. The summed E-state index contributed by atoms with van der Waals surface area (Å²) < 4.78 is 34.9. The van der Waals surface area contributed by atoms with Crippen molar-refractivity contribution in [3.63, 3.8) is 0 Å². The van der Waals surface area contributed by atoms with E-state index in [1.165, 1.54) is 7.11 Å². The number of benzene rings is 1. The summed E-state index contributed by atoms with van der Waals surface area (Å²) in [6.07, 6.45) is -0.00749. The van der Waals surface area contributed by atoms with Crippen LogP contribution in [0.2, 0.25) is 0 Å². The van der Waals surface area contributed by atoms with Gasteiger partial charge in [0.1, 0.15) is 5.82 Å². The van der Waals surface area contributed by atoms with E-state index < -0.39 is 17.6 Å². The van der Waals surface area contributed by atoms with Crippen molar-refractivity contribution >= 4 is 5.97 Å². The van der Waals surface area contributed by atoms with Crippen molar-refractivity contribution in [2.24, 2.45) is 0 Å². The quantitative estimate of drug-likeness (QED) is 0.721. The highest BCUT2D eigenvalue weighted by Gasteiger charge is 2.06. The largest absolute Gasteiger partial charge is 0.490 e. The lowest BCUT2D eigenvalue weighted by Gasteiger charge is -2.06. The molecule has 0 aliphatic carbocycles. The lowest BCUT2D eigenvalue weighted by Crippen LogP contribution is -2.08. The highest BCUT2D eigenvalue weighted by molar-refractivity contribution is 5.69. The summed E-state index contributed by atoms with van der Waals surface area (Å²) in [5.74, 6) is -1.93. The third-order valence-corrected chi connectivity index (χ3v) is 1.68. The molecule has 0 saturated carbocycles. The predicted molar refractivity (Wildman–Crippen MR) is 48.5 cm³/mol. The minimum absolute atomic E-state index is 0.00749. The molecule has 0 saturated heterocycles. The van der Waals surface area contributed by atoms with Crippen molar-refractivity contribution in [3.8, 4) is 5.75 Å². The van der Waals surface area contributed by atoms with Crippen LogP contribution < -0.4 is 4.74 Å². The summed E-state index contributed by atoms with van der Waals surface area (Å²) in [7, 11) is 1.24.